The Hall–Kier alpha value is -2.94. The number of nitrogens with zero attached hydrogens (tertiary/aromatic N) is 3. The van der Waals surface area contributed by atoms with Crippen molar-refractivity contribution >= 4 is 11.0 Å². The minimum absolute atomic E-state index is 0.0175. The SMILES string of the molecule is CC(C)(C)c1cncc2c1nc(-c1ccccc1)n2-c1ccccc1. The van der Waals surface area contributed by atoms with Crippen molar-refractivity contribution in [1.82, 2.24) is 14.5 Å². The summed E-state index contributed by atoms with van der Waals surface area (Å²) in [6.45, 7) is 6.60. The van der Waals surface area contributed by atoms with E-state index in [1.54, 1.807) is 0 Å². The van der Waals surface area contributed by atoms with E-state index in [-0.39, 0.29) is 5.41 Å². The summed E-state index contributed by atoms with van der Waals surface area (Å²) < 4.78 is 2.20. The van der Waals surface area contributed by atoms with Crippen molar-refractivity contribution in [3.05, 3.63) is 78.6 Å². The third-order valence-electron chi connectivity index (χ3n) is 4.42. The molecule has 25 heavy (non-hydrogen) atoms. The Balaban J connectivity index is 2.10. The van der Waals surface area contributed by atoms with Gasteiger partial charge in [-0.2, -0.15) is 0 Å². The van der Waals surface area contributed by atoms with E-state index in [2.05, 4.69) is 66.7 Å². The molecule has 0 atom stereocenters. The largest absolute Gasteiger partial charge is 0.291 e. The molecule has 4 rings (SSSR count). The van der Waals surface area contributed by atoms with Crippen LogP contribution < -0.4 is 0 Å². The van der Waals surface area contributed by atoms with Gasteiger partial charge >= 0.3 is 0 Å². The van der Waals surface area contributed by atoms with Gasteiger partial charge in [0.2, 0.25) is 0 Å². The van der Waals surface area contributed by atoms with Crippen LogP contribution in [0.2, 0.25) is 0 Å². The highest BCUT2D eigenvalue weighted by atomic mass is 15.1. The molecule has 2 heterocycles. The van der Waals surface area contributed by atoms with Crippen molar-refractivity contribution in [1.29, 1.82) is 0 Å². The van der Waals surface area contributed by atoms with Gasteiger partial charge in [-0.15, -0.1) is 0 Å². The van der Waals surface area contributed by atoms with Gasteiger partial charge in [0.15, 0.2) is 0 Å². The number of aromatic nitrogens is 3. The van der Waals surface area contributed by atoms with Crippen molar-refractivity contribution in [3.8, 4) is 17.1 Å². The van der Waals surface area contributed by atoms with Crippen LogP contribution in [0.4, 0.5) is 0 Å². The van der Waals surface area contributed by atoms with Crippen LogP contribution in [0.25, 0.3) is 28.1 Å². The van der Waals surface area contributed by atoms with Gasteiger partial charge < -0.3 is 0 Å². The van der Waals surface area contributed by atoms with E-state index in [0.29, 0.717) is 0 Å². The molecule has 0 amide bonds. The number of hydrogen-bond acceptors (Lipinski definition) is 2. The summed E-state index contributed by atoms with van der Waals surface area (Å²) >= 11 is 0. The van der Waals surface area contributed by atoms with Crippen LogP contribution in [0.5, 0.6) is 0 Å². The fourth-order valence-corrected chi connectivity index (χ4v) is 3.16. The number of fused-ring (bicyclic) bond motifs is 1. The summed E-state index contributed by atoms with van der Waals surface area (Å²) in [6.07, 6.45) is 3.86. The lowest BCUT2D eigenvalue weighted by Gasteiger charge is -2.18. The van der Waals surface area contributed by atoms with E-state index in [4.69, 9.17) is 4.98 Å². The van der Waals surface area contributed by atoms with Gasteiger partial charge in [-0.25, -0.2) is 4.98 Å². The number of pyridine rings is 1. The van der Waals surface area contributed by atoms with Crippen LogP contribution in [0, 0.1) is 0 Å². The van der Waals surface area contributed by atoms with Crippen LogP contribution >= 0.6 is 0 Å². The monoisotopic (exact) mass is 327 g/mol. The average Bonchev–Trinajstić information content (AvgIpc) is 3.01. The van der Waals surface area contributed by atoms with Gasteiger partial charge in [-0.1, -0.05) is 69.3 Å². The Kier molecular flexibility index (Phi) is 3.65. The van der Waals surface area contributed by atoms with Crippen LogP contribution in [0.15, 0.2) is 73.1 Å². The number of rotatable bonds is 2. The summed E-state index contributed by atoms with van der Waals surface area (Å²) in [5.74, 6) is 0.945. The topological polar surface area (TPSA) is 30.7 Å². The van der Waals surface area contributed by atoms with Crippen LogP contribution in [-0.2, 0) is 5.41 Å². The highest BCUT2D eigenvalue weighted by molar-refractivity contribution is 5.85. The van der Waals surface area contributed by atoms with Gasteiger partial charge in [0.25, 0.3) is 0 Å². The van der Waals surface area contributed by atoms with Crippen LogP contribution in [-0.4, -0.2) is 14.5 Å². The molecule has 0 aliphatic rings. The fourth-order valence-electron chi connectivity index (χ4n) is 3.16. The number of benzene rings is 2. The third-order valence-corrected chi connectivity index (χ3v) is 4.42. The lowest BCUT2D eigenvalue weighted by atomic mass is 9.87. The molecular weight excluding hydrogens is 306 g/mol. The third kappa shape index (κ3) is 2.72. The number of imidazole rings is 1. The quantitative estimate of drug-likeness (QED) is 0.494. The Bertz CT molecular complexity index is 1010. The highest BCUT2D eigenvalue weighted by Crippen LogP contribution is 2.33. The zero-order valence-corrected chi connectivity index (χ0v) is 14.8. The molecule has 0 spiro atoms. The minimum atomic E-state index is -0.0175. The van der Waals surface area contributed by atoms with Crippen LogP contribution in [0.3, 0.4) is 0 Å². The first-order valence-electron chi connectivity index (χ1n) is 8.53. The van der Waals surface area contributed by atoms with Crippen molar-refractivity contribution in [2.24, 2.45) is 0 Å². The predicted molar refractivity (Wildman–Crippen MR) is 103 cm³/mol. The maximum absolute atomic E-state index is 5.05. The number of para-hydroxylation sites is 1. The molecule has 0 N–H and O–H groups in total. The molecule has 0 radical (unpaired) electrons. The standard InChI is InChI=1S/C22H21N3/c1-22(2,3)18-14-23-15-19-20(18)24-21(16-10-6-4-7-11-16)25(19)17-12-8-5-9-13-17/h4-15H,1-3H3. The second-order valence-electron chi connectivity index (χ2n) is 7.28. The van der Waals surface area contributed by atoms with Crippen molar-refractivity contribution in [2.45, 2.75) is 26.2 Å². The first-order valence-corrected chi connectivity index (χ1v) is 8.53. The molecule has 0 aliphatic carbocycles. The first kappa shape index (κ1) is 15.6. The van der Waals surface area contributed by atoms with E-state index >= 15 is 0 Å². The van der Waals surface area contributed by atoms with Gasteiger partial charge in [0.1, 0.15) is 5.82 Å². The maximum Gasteiger partial charge on any atom is 0.145 e. The minimum Gasteiger partial charge on any atom is -0.291 e. The molecule has 3 nitrogen and oxygen atoms in total. The van der Waals surface area contributed by atoms with Gasteiger partial charge in [-0.3, -0.25) is 9.55 Å². The van der Waals surface area contributed by atoms with E-state index in [1.165, 1.54) is 0 Å². The van der Waals surface area contributed by atoms with Crippen molar-refractivity contribution < 1.29 is 0 Å². The molecule has 2 aromatic carbocycles. The summed E-state index contributed by atoms with van der Waals surface area (Å²) in [5.41, 5.74) is 5.40. The molecule has 124 valence electrons. The lowest BCUT2D eigenvalue weighted by Crippen LogP contribution is -2.12. The second-order valence-corrected chi connectivity index (χ2v) is 7.28. The first-order chi connectivity index (χ1) is 12.1. The molecule has 2 aromatic heterocycles. The molecule has 0 bridgehead atoms. The molecule has 4 aromatic rings. The molecule has 0 unspecified atom stereocenters. The fraction of sp³-hybridized carbons (Fsp3) is 0.182. The molecule has 0 saturated heterocycles. The Morgan fingerprint density at radius 1 is 0.800 bits per heavy atom. The summed E-state index contributed by atoms with van der Waals surface area (Å²) in [6, 6.07) is 20.7. The van der Waals surface area contributed by atoms with E-state index in [0.717, 1.165) is 33.7 Å². The Labute approximate surface area is 148 Å². The van der Waals surface area contributed by atoms with Gasteiger partial charge in [0, 0.05) is 23.0 Å². The molecule has 0 aliphatic heterocycles. The Morgan fingerprint density at radius 2 is 1.44 bits per heavy atom. The summed E-state index contributed by atoms with van der Waals surface area (Å²) in [5, 5.41) is 0. The number of hydrogen-bond donors (Lipinski definition) is 0. The van der Waals surface area contributed by atoms with Gasteiger partial charge in [-0.05, 0) is 17.5 Å². The smallest absolute Gasteiger partial charge is 0.145 e. The molecule has 0 fully saturated rings. The summed E-state index contributed by atoms with van der Waals surface area (Å²) in [4.78, 5) is 9.56. The van der Waals surface area contributed by atoms with E-state index < -0.39 is 0 Å². The zero-order valence-electron chi connectivity index (χ0n) is 14.8. The predicted octanol–water partition coefficient (Wildman–Crippen LogP) is 5.39. The van der Waals surface area contributed by atoms with Crippen molar-refractivity contribution in [2.75, 3.05) is 0 Å². The second kappa shape index (κ2) is 5.85. The van der Waals surface area contributed by atoms with Crippen molar-refractivity contribution in [3.63, 3.8) is 0 Å². The lowest BCUT2D eigenvalue weighted by molar-refractivity contribution is 0.592. The summed E-state index contributed by atoms with van der Waals surface area (Å²) in [7, 11) is 0. The molecule has 3 heteroatoms. The van der Waals surface area contributed by atoms with E-state index in [1.807, 2.05) is 36.7 Å². The molecule has 0 saturated carbocycles. The average molecular weight is 327 g/mol. The van der Waals surface area contributed by atoms with E-state index in [9.17, 15) is 0 Å². The van der Waals surface area contributed by atoms with Crippen LogP contribution in [0.1, 0.15) is 26.3 Å². The zero-order chi connectivity index (χ0) is 17.4. The normalized spacial score (nSPS) is 11.8. The highest BCUT2D eigenvalue weighted by Gasteiger charge is 2.23. The van der Waals surface area contributed by atoms with Gasteiger partial charge in [0.05, 0.1) is 17.2 Å². The maximum atomic E-state index is 5.05. The molecular formula is C22H21N3. The Morgan fingerprint density at radius 3 is 2.08 bits per heavy atom.